The number of anilines is 1. The Labute approximate surface area is 204 Å². The summed E-state index contributed by atoms with van der Waals surface area (Å²) in [6.07, 6.45) is 0.600. The molecule has 180 valence electrons. The number of Topliss-reactive ketones (excluding diaryl/α,β-unsaturated/α-hetero) is 1. The van der Waals surface area contributed by atoms with Crippen LogP contribution in [0.1, 0.15) is 42.2 Å². The number of nitrogen functional groups attached to an aromatic ring is 1. The van der Waals surface area contributed by atoms with Gasteiger partial charge in [0.15, 0.2) is 10.9 Å². The topological polar surface area (TPSA) is 133 Å². The molecule has 0 fully saturated rings. The molecular weight excluding hydrogens is 466 g/mol. The molecule has 0 aliphatic carbocycles. The molecule has 0 saturated carbocycles. The Morgan fingerprint density at radius 2 is 1.77 bits per heavy atom. The molecule has 10 heteroatoms. The molecule has 0 saturated heterocycles. The summed E-state index contributed by atoms with van der Waals surface area (Å²) < 4.78 is 2.74. The molecule has 35 heavy (non-hydrogen) atoms. The number of hydrogen-bond donors (Lipinski definition) is 2. The minimum absolute atomic E-state index is 0.160. The number of hydrogen-bond acceptors (Lipinski definition) is 7. The summed E-state index contributed by atoms with van der Waals surface area (Å²) in [4.78, 5) is 57.8. The molecule has 0 radical (unpaired) electrons. The van der Waals surface area contributed by atoms with Gasteiger partial charge < -0.3 is 5.73 Å². The van der Waals surface area contributed by atoms with E-state index in [1.165, 1.54) is 4.57 Å². The standard InChI is InChI=1S/C25H25N5O4S/c1-3-13-29-21(26)20(22(32)28-24(29)34)19(31)14-35-25-27-18-12-8-7-11-17(18)23(33)30(25)15(2)16-9-5-4-6-10-16/h4-12,15H,3,13-14,26H2,1-2H3,(H,28,32,34)/t15-/m1/s1. The maximum atomic E-state index is 13.5. The summed E-state index contributed by atoms with van der Waals surface area (Å²) >= 11 is 1.05. The molecule has 0 aliphatic rings. The Morgan fingerprint density at radius 3 is 2.49 bits per heavy atom. The number of para-hydroxylation sites is 1. The van der Waals surface area contributed by atoms with Gasteiger partial charge in [0, 0.05) is 6.54 Å². The number of benzene rings is 2. The zero-order valence-corrected chi connectivity index (χ0v) is 20.2. The normalized spacial score (nSPS) is 12.1. The third-order valence-corrected chi connectivity index (χ3v) is 6.70. The van der Waals surface area contributed by atoms with Gasteiger partial charge in [-0.15, -0.1) is 0 Å². The van der Waals surface area contributed by atoms with Crippen molar-refractivity contribution in [3.8, 4) is 0 Å². The average molecular weight is 492 g/mol. The summed E-state index contributed by atoms with van der Waals surface area (Å²) in [6.45, 7) is 4.02. The first-order chi connectivity index (χ1) is 16.8. The Bertz CT molecular complexity index is 1570. The lowest BCUT2D eigenvalue weighted by Crippen LogP contribution is -2.36. The van der Waals surface area contributed by atoms with Gasteiger partial charge >= 0.3 is 5.69 Å². The monoisotopic (exact) mass is 491 g/mol. The molecule has 0 aliphatic heterocycles. The Balaban J connectivity index is 1.75. The van der Waals surface area contributed by atoms with Crippen molar-refractivity contribution >= 4 is 34.3 Å². The molecule has 4 rings (SSSR count). The molecule has 0 amide bonds. The van der Waals surface area contributed by atoms with Crippen molar-refractivity contribution in [2.75, 3.05) is 11.5 Å². The van der Waals surface area contributed by atoms with Crippen LogP contribution in [0.25, 0.3) is 10.9 Å². The number of ketones is 1. The highest BCUT2D eigenvalue weighted by Gasteiger charge is 2.22. The number of rotatable bonds is 8. The maximum Gasteiger partial charge on any atom is 0.329 e. The molecular formula is C25H25N5O4S. The van der Waals surface area contributed by atoms with E-state index in [2.05, 4.69) is 9.97 Å². The zero-order valence-electron chi connectivity index (χ0n) is 19.4. The lowest BCUT2D eigenvalue weighted by atomic mass is 10.1. The van der Waals surface area contributed by atoms with Crippen molar-refractivity contribution in [2.24, 2.45) is 0 Å². The minimum Gasteiger partial charge on any atom is -0.384 e. The smallest absolute Gasteiger partial charge is 0.329 e. The summed E-state index contributed by atoms with van der Waals surface area (Å²) in [5.74, 6) is -0.906. The predicted octanol–water partition coefficient (Wildman–Crippen LogP) is 2.82. The van der Waals surface area contributed by atoms with E-state index >= 15 is 0 Å². The number of thioether (sulfide) groups is 1. The third kappa shape index (κ3) is 4.69. The SMILES string of the molecule is CCCn1c(N)c(C(=O)CSc2nc3ccccc3c(=O)n2[C@H](C)c2ccccc2)c(=O)[nH]c1=O. The number of H-pyrrole nitrogens is 1. The largest absolute Gasteiger partial charge is 0.384 e. The van der Waals surface area contributed by atoms with Crippen molar-refractivity contribution in [1.82, 2.24) is 19.1 Å². The van der Waals surface area contributed by atoms with E-state index in [0.29, 0.717) is 22.5 Å². The van der Waals surface area contributed by atoms with Crippen LogP contribution in [0, 0.1) is 0 Å². The fourth-order valence-corrected chi connectivity index (χ4v) is 4.90. The van der Waals surface area contributed by atoms with Gasteiger partial charge in [-0.25, -0.2) is 9.78 Å². The molecule has 2 heterocycles. The number of aromatic amines is 1. The van der Waals surface area contributed by atoms with Crippen molar-refractivity contribution in [1.29, 1.82) is 0 Å². The second kappa shape index (κ2) is 10.1. The molecule has 0 bridgehead atoms. The third-order valence-electron chi connectivity index (χ3n) is 5.74. The van der Waals surface area contributed by atoms with Crippen molar-refractivity contribution in [3.63, 3.8) is 0 Å². The highest BCUT2D eigenvalue weighted by molar-refractivity contribution is 7.99. The number of carbonyl (C=O) groups is 1. The number of nitrogens with zero attached hydrogens (tertiary/aromatic N) is 3. The van der Waals surface area contributed by atoms with Crippen LogP contribution in [0.3, 0.4) is 0 Å². The fourth-order valence-electron chi connectivity index (χ4n) is 3.95. The van der Waals surface area contributed by atoms with Crippen molar-refractivity contribution < 1.29 is 4.79 Å². The summed E-state index contributed by atoms with van der Waals surface area (Å²) in [7, 11) is 0. The summed E-state index contributed by atoms with van der Waals surface area (Å²) in [6, 6.07) is 16.2. The van der Waals surface area contributed by atoms with E-state index in [9.17, 15) is 19.2 Å². The Kier molecular flexibility index (Phi) is 7.02. The van der Waals surface area contributed by atoms with Gasteiger partial charge in [0.25, 0.3) is 11.1 Å². The number of aromatic nitrogens is 4. The molecule has 0 unspecified atom stereocenters. The van der Waals surface area contributed by atoms with Crippen LogP contribution in [0.15, 0.2) is 74.1 Å². The van der Waals surface area contributed by atoms with Crippen molar-refractivity contribution in [3.05, 3.63) is 96.9 Å². The predicted molar refractivity (Wildman–Crippen MR) is 137 cm³/mol. The van der Waals surface area contributed by atoms with Gasteiger partial charge in [-0.3, -0.25) is 28.5 Å². The first-order valence-electron chi connectivity index (χ1n) is 11.2. The van der Waals surface area contributed by atoms with Crippen LogP contribution in [0.4, 0.5) is 5.82 Å². The number of carbonyl (C=O) groups excluding carboxylic acids is 1. The van der Waals surface area contributed by atoms with Gasteiger partial charge in [0.05, 0.1) is 22.7 Å². The maximum absolute atomic E-state index is 13.5. The van der Waals surface area contributed by atoms with Gasteiger partial charge in [-0.2, -0.15) is 0 Å². The van der Waals surface area contributed by atoms with Gasteiger partial charge in [0.2, 0.25) is 0 Å². The molecule has 2 aromatic carbocycles. The minimum atomic E-state index is -0.827. The highest BCUT2D eigenvalue weighted by Crippen LogP contribution is 2.25. The van der Waals surface area contributed by atoms with Crippen LogP contribution in [-0.4, -0.2) is 30.6 Å². The number of nitrogens with one attached hydrogen (secondary N) is 1. The van der Waals surface area contributed by atoms with Crippen LogP contribution in [-0.2, 0) is 6.54 Å². The molecule has 9 nitrogen and oxygen atoms in total. The molecule has 1 atom stereocenters. The van der Waals surface area contributed by atoms with Crippen LogP contribution in [0.5, 0.6) is 0 Å². The van der Waals surface area contributed by atoms with Crippen molar-refractivity contribution in [2.45, 2.75) is 38.0 Å². The molecule has 3 N–H and O–H groups in total. The lowest BCUT2D eigenvalue weighted by Gasteiger charge is -2.20. The molecule has 2 aromatic heterocycles. The molecule has 4 aromatic rings. The fraction of sp³-hybridized carbons (Fsp3) is 0.240. The summed E-state index contributed by atoms with van der Waals surface area (Å²) in [5.41, 5.74) is 5.48. The van der Waals surface area contributed by atoms with Gasteiger partial charge in [-0.05, 0) is 31.0 Å². The zero-order chi connectivity index (χ0) is 25.1. The van der Waals surface area contributed by atoms with Crippen LogP contribution in [0.2, 0.25) is 0 Å². The Hall–Kier alpha value is -3.92. The quantitative estimate of drug-likeness (QED) is 0.220. The van der Waals surface area contributed by atoms with Crippen LogP contribution < -0.4 is 22.5 Å². The number of nitrogens with two attached hydrogens (primary N) is 1. The first-order valence-corrected chi connectivity index (χ1v) is 12.2. The number of fused-ring (bicyclic) bond motifs is 1. The second-order valence-electron chi connectivity index (χ2n) is 8.06. The lowest BCUT2D eigenvalue weighted by molar-refractivity contribution is 0.102. The highest BCUT2D eigenvalue weighted by atomic mass is 32.2. The van der Waals surface area contributed by atoms with E-state index in [0.717, 1.165) is 17.3 Å². The first kappa shape index (κ1) is 24.2. The Morgan fingerprint density at radius 1 is 1.09 bits per heavy atom. The van der Waals surface area contributed by atoms with E-state index in [-0.39, 0.29) is 35.3 Å². The van der Waals surface area contributed by atoms with E-state index in [4.69, 9.17) is 5.73 Å². The second-order valence-corrected chi connectivity index (χ2v) is 9.00. The van der Waals surface area contributed by atoms with Gasteiger partial charge in [0.1, 0.15) is 11.4 Å². The average Bonchev–Trinajstić information content (AvgIpc) is 2.85. The van der Waals surface area contributed by atoms with E-state index in [1.54, 1.807) is 28.8 Å². The van der Waals surface area contributed by atoms with Crippen LogP contribution >= 0.6 is 11.8 Å². The van der Waals surface area contributed by atoms with Gasteiger partial charge in [-0.1, -0.05) is 61.2 Å². The van der Waals surface area contributed by atoms with E-state index in [1.807, 2.05) is 44.2 Å². The molecule has 0 spiro atoms. The van der Waals surface area contributed by atoms with E-state index < -0.39 is 17.0 Å². The summed E-state index contributed by atoms with van der Waals surface area (Å²) in [5, 5.41) is 0.813.